The van der Waals surface area contributed by atoms with Crippen LogP contribution in [-0.2, 0) is 36.1 Å². The second-order valence-corrected chi connectivity index (χ2v) is 12.8. The molecule has 3 aromatic rings. The molecule has 8 heteroatoms. The van der Waals surface area contributed by atoms with Crippen molar-refractivity contribution in [3.63, 3.8) is 0 Å². The lowest BCUT2D eigenvalue weighted by molar-refractivity contribution is -0.151. The Hall–Kier alpha value is -3.36. The molecule has 40 heavy (non-hydrogen) atoms. The smallest absolute Gasteiger partial charge is 0.306 e. The summed E-state index contributed by atoms with van der Waals surface area (Å²) in [5, 5.41) is 0. The van der Waals surface area contributed by atoms with Gasteiger partial charge in [0.05, 0.1) is 44.0 Å². The van der Waals surface area contributed by atoms with Gasteiger partial charge in [-0.2, -0.15) is 0 Å². The normalized spacial score (nSPS) is 14.3. The Morgan fingerprint density at radius 2 is 1.65 bits per heavy atom. The van der Waals surface area contributed by atoms with Gasteiger partial charge < -0.3 is 18.9 Å². The minimum Gasteiger partial charge on any atom is -0.494 e. The summed E-state index contributed by atoms with van der Waals surface area (Å²) in [5.74, 6) is 1.41. The molecule has 0 aliphatic carbocycles. The van der Waals surface area contributed by atoms with E-state index < -0.39 is 9.84 Å². The van der Waals surface area contributed by atoms with Crippen molar-refractivity contribution in [3.05, 3.63) is 82.9 Å². The highest BCUT2D eigenvalue weighted by Gasteiger charge is 2.42. The van der Waals surface area contributed by atoms with E-state index >= 15 is 0 Å². The van der Waals surface area contributed by atoms with E-state index in [2.05, 4.69) is 26.0 Å². The second kappa shape index (κ2) is 12.9. The maximum atomic E-state index is 12.1. The summed E-state index contributed by atoms with van der Waals surface area (Å²) in [5.41, 5.74) is 6.19. The van der Waals surface area contributed by atoms with Crippen LogP contribution in [0.5, 0.6) is 11.5 Å². The van der Waals surface area contributed by atoms with Crippen molar-refractivity contribution >= 4 is 15.8 Å². The van der Waals surface area contributed by atoms with Crippen molar-refractivity contribution in [1.82, 2.24) is 0 Å². The van der Waals surface area contributed by atoms with Gasteiger partial charge in [0.1, 0.15) is 27.9 Å². The Labute approximate surface area is 237 Å². The largest absolute Gasteiger partial charge is 0.494 e. The molecule has 0 bridgehead atoms. The molecule has 0 saturated carbocycles. The van der Waals surface area contributed by atoms with E-state index in [4.69, 9.17) is 18.9 Å². The fraction of sp³-hybridized carbons (Fsp3) is 0.406. The van der Waals surface area contributed by atoms with Crippen LogP contribution in [0.3, 0.4) is 0 Å². The molecule has 0 amide bonds. The summed E-state index contributed by atoms with van der Waals surface area (Å²) in [6.07, 6.45) is 2.01. The third-order valence-electron chi connectivity index (χ3n) is 7.07. The predicted octanol–water partition coefficient (Wildman–Crippen LogP) is 5.58. The van der Waals surface area contributed by atoms with E-state index in [-0.39, 0.29) is 17.1 Å². The van der Waals surface area contributed by atoms with Gasteiger partial charge in [-0.25, -0.2) is 8.42 Å². The molecule has 214 valence electrons. The molecule has 1 saturated heterocycles. The maximum absolute atomic E-state index is 12.1. The molecule has 1 fully saturated rings. The van der Waals surface area contributed by atoms with Crippen LogP contribution in [0.25, 0.3) is 11.1 Å². The van der Waals surface area contributed by atoms with Crippen molar-refractivity contribution < 1.29 is 32.2 Å². The molecule has 1 aliphatic heterocycles. The molecular formula is C32H38O7S. The maximum Gasteiger partial charge on any atom is 0.306 e. The third-order valence-corrected chi connectivity index (χ3v) is 8.10. The highest BCUT2D eigenvalue weighted by Crippen LogP contribution is 2.37. The number of carbonyl (C=O) groups is 1. The first-order chi connectivity index (χ1) is 19.1. The molecule has 1 heterocycles. The first-order valence-corrected chi connectivity index (χ1v) is 15.6. The lowest BCUT2D eigenvalue weighted by atomic mass is 9.76. The summed E-state index contributed by atoms with van der Waals surface area (Å²) in [4.78, 5) is 12.1. The molecular weight excluding hydrogens is 528 g/mol. The van der Waals surface area contributed by atoms with Crippen molar-refractivity contribution in [2.24, 2.45) is 0 Å². The number of benzene rings is 3. The molecule has 0 spiro atoms. The zero-order valence-electron chi connectivity index (χ0n) is 23.7. The number of sulfone groups is 1. The number of ether oxygens (including phenoxy) is 4. The number of carbonyl (C=O) groups excluding carboxylic acids is 1. The summed E-state index contributed by atoms with van der Waals surface area (Å²) < 4.78 is 45.2. The number of esters is 1. The van der Waals surface area contributed by atoms with Gasteiger partial charge in [-0.15, -0.1) is 0 Å². The molecule has 1 aliphatic rings. The van der Waals surface area contributed by atoms with Gasteiger partial charge in [-0.05, 0) is 90.9 Å². The average Bonchev–Trinajstić information content (AvgIpc) is 2.87. The van der Waals surface area contributed by atoms with Crippen LogP contribution >= 0.6 is 0 Å². The van der Waals surface area contributed by atoms with Crippen molar-refractivity contribution in [2.45, 2.75) is 45.6 Å². The Morgan fingerprint density at radius 1 is 0.950 bits per heavy atom. The molecule has 7 nitrogen and oxygen atoms in total. The SMILES string of the molecule is CCOC(=O)CC1(c2ccc(OCc3cccc(-c4c(C)cc(OCCCS(C)(=O)=O)cc4C)c3)cc2)COC1. The number of rotatable bonds is 13. The minimum absolute atomic E-state index is 0.118. The van der Waals surface area contributed by atoms with Crippen LogP contribution in [0.15, 0.2) is 60.7 Å². The average molecular weight is 567 g/mol. The van der Waals surface area contributed by atoms with Crippen LogP contribution in [0.2, 0.25) is 0 Å². The standard InChI is InChI=1S/C32H38O7S/c1-5-37-30(33)19-32(21-36-22-32)27-10-12-28(13-11-27)39-20-25-8-6-9-26(18-25)31-23(2)16-29(17-24(31)3)38-14-7-15-40(4,34)35/h6,8-13,16-18H,5,7,14-15,19-22H2,1-4H3. The molecule has 3 aromatic carbocycles. The number of hydrogen-bond donors (Lipinski definition) is 0. The van der Waals surface area contributed by atoms with Crippen LogP contribution in [0.1, 0.15) is 42.0 Å². The Kier molecular flexibility index (Phi) is 9.53. The molecule has 0 atom stereocenters. The predicted molar refractivity (Wildman–Crippen MR) is 156 cm³/mol. The number of hydrogen-bond acceptors (Lipinski definition) is 7. The van der Waals surface area contributed by atoms with E-state index in [1.165, 1.54) is 6.26 Å². The van der Waals surface area contributed by atoms with Gasteiger partial charge in [0, 0.05) is 6.26 Å². The topological polar surface area (TPSA) is 88.1 Å². The van der Waals surface area contributed by atoms with E-state index in [1.807, 2.05) is 55.5 Å². The quantitative estimate of drug-likeness (QED) is 0.197. The molecule has 4 rings (SSSR count). The lowest BCUT2D eigenvalue weighted by Gasteiger charge is -2.41. The van der Waals surface area contributed by atoms with E-state index in [9.17, 15) is 13.2 Å². The van der Waals surface area contributed by atoms with Crippen molar-refractivity contribution in [2.75, 3.05) is 38.4 Å². The zero-order valence-corrected chi connectivity index (χ0v) is 24.5. The minimum atomic E-state index is -2.99. The van der Waals surface area contributed by atoms with Crippen LogP contribution in [0, 0.1) is 13.8 Å². The zero-order chi connectivity index (χ0) is 28.8. The Morgan fingerprint density at radius 3 is 2.25 bits per heavy atom. The van der Waals surface area contributed by atoms with Crippen LogP contribution < -0.4 is 9.47 Å². The fourth-order valence-corrected chi connectivity index (χ4v) is 5.71. The molecule has 0 aromatic heterocycles. The highest BCUT2D eigenvalue weighted by molar-refractivity contribution is 7.90. The second-order valence-electron chi connectivity index (χ2n) is 10.5. The summed E-state index contributed by atoms with van der Waals surface area (Å²) in [6.45, 7) is 8.09. The van der Waals surface area contributed by atoms with Gasteiger partial charge in [0.15, 0.2) is 0 Å². The lowest BCUT2D eigenvalue weighted by Crippen LogP contribution is -2.48. The number of aryl methyl sites for hydroxylation is 2. The van der Waals surface area contributed by atoms with Crippen molar-refractivity contribution in [3.8, 4) is 22.6 Å². The first kappa shape index (κ1) is 29.6. The van der Waals surface area contributed by atoms with Gasteiger partial charge in [0.2, 0.25) is 0 Å². The first-order valence-electron chi connectivity index (χ1n) is 13.6. The highest BCUT2D eigenvalue weighted by atomic mass is 32.2. The Bertz CT molecular complexity index is 1400. The van der Waals surface area contributed by atoms with E-state index in [1.54, 1.807) is 0 Å². The molecule has 0 radical (unpaired) electrons. The van der Waals surface area contributed by atoms with Gasteiger partial charge in [-0.1, -0.05) is 30.3 Å². The van der Waals surface area contributed by atoms with Crippen LogP contribution in [-0.4, -0.2) is 52.8 Å². The Balaban J connectivity index is 1.39. The van der Waals surface area contributed by atoms with Gasteiger partial charge in [0.25, 0.3) is 0 Å². The fourth-order valence-electron chi connectivity index (χ4n) is 5.07. The van der Waals surface area contributed by atoms with E-state index in [0.29, 0.717) is 45.9 Å². The molecule has 0 unspecified atom stereocenters. The van der Waals surface area contributed by atoms with Crippen LogP contribution in [0.4, 0.5) is 0 Å². The van der Waals surface area contributed by atoms with Gasteiger partial charge in [-0.3, -0.25) is 4.79 Å². The van der Waals surface area contributed by atoms with E-state index in [0.717, 1.165) is 44.9 Å². The monoisotopic (exact) mass is 566 g/mol. The summed E-state index contributed by atoms with van der Waals surface area (Å²) in [7, 11) is -2.99. The summed E-state index contributed by atoms with van der Waals surface area (Å²) in [6, 6.07) is 20.2. The van der Waals surface area contributed by atoms with Gasteiger partial charge >= 0.3 is 5.97 Å². The van der Waals surface area contributed by atoms with Crippen molar-refractivity contribution in [1.29, 1.82) is 0 Å². The summed E-state index contributed by atoms with van der Waals surface area (Å²) >= 11 is 0. The molecule has 0 N–H and O–H groups in total. The third kappa shape index (κ3) is 7.64.